The van der Waals surface area contributed by atoms with E-state index >= 15 is 0 Å². The molecule has 106 valence electrons. The van der Waals surface area contributed by atoms with Crippen LogP contribution in [0.2, 0.25) is 0 Å². The smallest absolute Gasteiger partial charge is 0.161 e. The van der Waals surface area contributed by atoms with Gasteiger partial charge in [-0.3, -0.25) is 11.3 Å². The summed E-state index contributed by atoms with van der Waals surface area (Å²) in [5.41, 5.74) is 3.94. The van der Waals surface area contributed by atoms with Gasteiger partial charge < -0.3 is 13.9 Å². The van der Waals surface area contributed by atoms with Crippen molar-refractivity contribution >= 4 is 0 Å². The van der Waals surface area contributed by atoms with E-state index in [4.69, 9.17) is 19.7 Å². The minimum atomic E-state index is 0.0518. The summed E-state index contributed by atoms with van der Waals surface area (Å²) >= 11 is 0. The lowest BCUT2D eigenvalue weighted by molar-refractivity contribution is 0.171. The lowest BCUT2D eigenvalue weighted by Crippen LogP contribution is -2.28. The number of rotatable bonds is 5. The molecule has 0 aliphatic carbocycles. The maximum Gasteiger partial charge on any atom is 0.161 e. The Morgan fingerprint density at radius 3 is 2.75 bits per heavy atom. The summed E-state index contributed by atoms with van der Waals surface area (Å²) in [5.74, 6) is 8.21. The predicted octanol–water partition coefficient (Wildman–Crippen LogP) is 2.19. The Morgan fingerprint density at radius 2 is 2.00 bits per heavy atom. The number of hydrazine groups is 1. The summed E-state index contributed by atoms with van der Waals surface area (Å²) in [6.45, 7) is 1.19. The molecule has 5 heteroatoms. The highest BCUT2D eigenvalue weighted by Crippen LogP contribution is 2.33. The molecule has 2 aromatic rings. The maximum absolute atomic E-state index is 5.67. The highest BCUT2D eigenvalue weighted by atomic mass is 16.6. The molecule has 3 rings (SSSR count). The SMILES string of the molecule is NNC(CCc1ccco1)c1ccc2c(c1)OCCO2. The van der Waals surface area contributed by atoms with Gasteiger partial charge in [-0.25, -0.2) is 0 Å². The third-order valence-corrected chi connectivity index (χ3v) is 3.43. The number of nitrogens with one attached hydrogen (secondary N) is 1. The Balaban J connectivity index is 1.71. The van der Waals surface area contributed by atoms with Crippen LogP contribution in [0.5, 0.6) is 11.5 Å². The average molecular weight is 274 g/mol. The molecule has 0 amide bonds. The molecule has 1 aromatic carbocycles. The molecule has 1 aliphatic rings. The fraction of sp³-hybridized carbons (Fsp3) is 0.333. The fourth-order valence-electron chi connectivity index (χ4n) is 2.36. The molecule has 0 bridgehead atoms. The second-order valence-corrected chi connectivity index (χ2v) is 4.74. The molecule has 0 saturated heterocycles. The molecule has 1 aliphatic heterocycles. The zero-order valence-corrected chi connectivity index (χ0v) is 11.2. The summed E-state index contributed by atoms with van der Waals surface area (Å²) in [4.78, 5) is 0. The summed E-state index contributed by atoms with van der Waals surface area (Å²) in [6.07, 6.45) is 3.37. The molecule has 0 fully saturated rings. The van der Waals surface area contributed by atoms with Crippen LogP contribution in [0.25, 0.3) is 0 Å². The number of benzene rings is 1. The van der Waals surface area contributed by atoms with E-state index in [1.54, 1.807) is 6.26 Å². The van der Waals surface area contributed by atoms with Crippen molar-refractivity contribution < 1.29 is 13.9 Å². The molecular weight excluding hydrogens is 256 g/mol. The van der Waals surface area contributed by atoms with Gasteiger partial charge >= 0.3 is 0 Å². The molecular formula is C15H18N2O3. The third kappa shape index (κ3) is 2.79. The van der Waals surface area contributed by atoms with Crippen LogP contribution in [-0.4, -0.2) is 13.2 Å². The van der Waals surface area contributed by atoms with Crippen molar-refractivity contribution in [1.29, 1.82) is 0 Å². The zero-order chi connectivity index (χ0) is 13.8. The van der Waals surface area contributed by atoms with E-state index in [-0.39, 0.29) is 6.04 Å². The second kappa shape index (κ2) is 5.98. The number of ether oxygens (including phenoxy) is 2. The summed E-state index contributed by atoms with van der Waals surface area (Å²) in [6, 6.07) is 9.85. The molecule has 3 N–H and O–H groups in total. The lowest BCUT2D eigenvalue weighted by Gasteiger charge is -2.21. The van der Waals surface area contributed by atoms with Crippen molar-refractivity contribution in [2.75, 3.05) is 13.2 Å². The van der Waals surface area contributed by atoms with E-state index < -0.39 is 0 Å². The van der Waals surface area contributed by atoms with Gasteiger partial charge in [0.2, 0.25) is 0 Å². The van der Waals surface area contributed by atoms with Crippen LogP contribution in [-0.2, 0) is 6.42 Å². The highest BCUT2D eigenvalue weighted by Gasteiger charge is 2.16. The largest absolute Gasteiger partial charge is 0.486 e. The Labute approximate surface area is 117 Å². The molecule has 2 heterocycles. The Hall–Kier alpha value is -1.98. The number of hydrogen-bond acceptors (Lipinski definition) is 5. The van der Waals surface area contributed by atoms with Gasteiger partial charge in [0.15, 0.2) is 11.5 Å². The number of fused-ring (bicyclic) bond motifs is 1. The first-order valence-electron chi connectivity index (χ1n) is 6.75. The van der Waals surface area contributed by atoms with Crippen LogP contribution in [0.1, 0.15) is 23.8 Å². The number of hydrogen-bond donors (Lipinski definition) is 2. The standard InChI is InChI=1S/C15H18N2O3/c16-17-13(5-4-12-2-1-7-18-12)11-3-6-14-15(10-11)20-9-8-19-14/h1-3,6-7,10,13,17H,4-5,8-9,16H2. The average Bonchev–Trinajstić information content (AvgIpc) is 3.01. The van der Waals surface area contributed by atoms with Gasteiger partial charge in [-0.1, -0.05) is 6.07 Å². The van der Waals surface area contributed by atoms with Crippen LogP contribution in [0.4, 0.5) is 0 Å². The number of furan rings is 1. The lowest BCUT2D eigenvalue weighted by atomic mass is 10.0. The normalized spacial score (nSPS) is 15.1. The Bertz CT molecular complexity index is 554. The van der Waals surface area contributed by atoms with Crippen LogP contribution in [0, 0.1) is 0 Å². The van der Waals surface area contributed by atoms with Gasteiger partial charge in [-0.2, -0.15) is 0 Å². The van der Waals surface area contributed by atoms with Crippen LogP contribution < -0.4 is 20.7 Å². The van der Waals surface area contributed by atoms with Crippen molar-refractivity contribution in [3.8, 4) is 11.5 Å². The highest BCUT2D eigenvalue weighted by molar-refractivity contribution is 5.44. The molecule has 1 unspecified atom stereocenters. The van der Waals surface area contributed by atoms with Gasteiger partial charge in [0.05, 0.1) is 6.26 Å². The van der Waals surface area contributed by atoms with E-state index in [2.05, 4.69) is 5.43 Å². The minimum absolute atomic E-state index is 0.0518. The van der Waals surface area contributed by atoms with Crippen molar-refractivity contribution in [1.82, 2.24) is 5.43 Å². The molecule has 5 nitrogen and oxygen atoms in total. The quantitative estimate of drug-likeness (QED) is 0.646. The molecule has 0 radical (unpaired) electrons. The van der Waals surface area contributed by atoms with Crippen LogP contribution in [0.3, 0.4) is 0 Å². The van der Waals surface area contributed by atoms with Crippen LogP contribution >= 0.6 is 0 Å². The summed E-state index contributed by atoms with van der Waals surface area (Å²) in [7, 11) is 0. The Kier molecular flexibility index (Phi) is 3.90. The van der Waals surface area contributed by atoms with Gasteiger partial charge in [0.1, 0.15) is 19.0 Å². The van der Waals surface area contributed by atoms with E-state index in [1.165, 1.54) is 0 Å². The van der Waals surface area contributed by atoms with Gasteiger partial charge in [0.25, 0.3) is 0 Å². The molecule has 1 aromatic heterocycles. The first-order chi connectivity index (χ1) is 9.86. The first kappa shape index (κ1) is 13.0. The third-order valence-electron chi connectivity index (χ3n) is 3.43. The molecule has 0 spiro atoms. The molecule has 20 heavy (non-hydrogen) atoms. The number of nitrogens with two attached hydrogens (primary N) is 1. The molecule has 0 saturated carbocycles. The van der Waals surface area contributed by atoms with Crippen molar-refractivity contribution in [2.45, 2.75) is 18.9 Å². The minimum Gasteiger partial charge on any atom is -0.486 e. The van der Waals surface area contributed by atoms with Gasteiger partial charge in [0, 0.05) is 12.5 Å². The first-order valence-corrected chi connectivity index (χ1v) is 6.75. The van der Waals surface area contributed by atoms with Gasteiger partial charge in [-0.15, -0.1) is 0 Å². The monoisotopic (exact) mass is 274 g/mol. The predicted molar refractivity (Wildman–Crippen MR) is 74.5 cm³/mol. The second-order valence-electron chi connectivity index (χ2n) is 4.74. The van der Waals surface area contributed by atoms with E-state index in [0.717, 1.165) is 35.7 Å². The van der Waals surface area contributed by atoms with Crippen LogP contribution in [0.15, 0.2) is 41.0 Å². The van der Waals surface area contributed by atoms with E-state index in [0.29, 0.717) is 13.2 Å². The van der Waals surface area contributed by atoms with Crippen molar-refractivity contribution in [3.05, 3.63) is 47.9 Å². The topological polar surface area (TPSA) is 69.7 Å². The van der Waals surface area contributed by atoms with Crippen molar-refractivity contribution in [2.24, 2.45) is 5.84 Å². The number of aryl methyl sites for hydroxylation is 1. The summed E-state index contributed by atoms with van der Waals surface area (Å²) < 4.78 is 16.5. The fourth-order valence-corrected chi connectivity index (χ4v) is 2.36. The van der Waals surface area contributed by atoms with Gasteiger partial charge in [-0.05, 0) is 36.2 Å². The van der Waals surface area contributed by atoms with E-state index in [9.17, 15) is 0 Å². The van der Waals surface area contributed by atoms with E-state index in [1.807, 2.05) is 30.3 Å². The summed E-state index contributed by atoms with van der Waals surface area (Å²) in [5, 5.41) is 0. The Morgan fingerprint density at radius 1 is 1.15 bits per heavy atom. The maximum atomic E-state index is 5.67. The van der Waals surface area contributed by atoms with Crippen molar-refractivity contribution in [3.63, 3.8) is 0 Å². The molecule has 1 atom stereocenters. The zero-order valence-electron chi connectivity index (χ0n) is 11.2.